The van der Waals surface area contributed by atoms with Gasteiger partial charge in [-0.25, -0.2) is 8.42 Å². The molecule has 0 heterocycles. The van der Waals surface area contributed by atoms with Crippen molar-refractivity contribution < 1.29 is 8.42 Å². The van der Waals surface area contributed by atoms with Crippen LogP contribution < -0.4 is 5.32 Å². The third-order valence-corrected chi connectivity index (χ3v) is 5.89. The summed E-state index contributed by atoms with van der Waals surface area (Å²) in [5.41, 5.74) is 0. The minimum Gasteiger partial charge on any atom is -0.314 e. The maximum atomic E-state index is 12.5. The smallest absolute Gasteiger partial charge is 0.181 e. The van der Waals surface area contributed by atoms with Crippen molar-refractivity contribution in [1.82, 2.24) is 5.32 Å². The van der Waals surface area contributed by atoms with E-state index < -0.39 is 9.84 Å². The lowest BCUT2D eigenvalue weighted by atomic mass is 10.2. The quantitative estimate of drug-likeness (QED) is 0.926. The molecule has 1 fully saturated rings. The van der Waals surface area contributed by atoms with Crippen molar-refractivity contribution in [1.29, 1.82) is 0 Å². The summed E-state index contributed by atoms with van der Waals surface area (Å²) in [5, 5.41) is 3.51. The van der Waals surface area contributed by atoms with Gasteiger partial charge in [0.15, 0.2) is 9.84 Å². The average Bonchev–Trinajstić information content (AvgIpc) is 2.79. The standard InChI is InChI=1S/C13H18ClNO2S/c1-2-15-11-6-7-13(9-11)18(16,17)12-5-3-4-10(14)8-12/h3-5,8,11,13,15H,2,6-7,9H2,1H3. The molecule has 0 aromatic heterocycles. The molecule has 0 spiro atoms. The Labute approximate surface area is 113 Å². The minimum atomic E-state index is -3.24. The van der Waals surface area contributed by atoms with Crippen LogP contribution in [0.5, 0.6) is 0 Å². The molecular weight excluding hydrogens is 270 g/mol. The van der Waals surface area contributed by atoms with E-state index in [1.807, 2.05) is 6.92 Å². The van der Waals surface area contributed by atoms with Crippen molar-refractivity contribution in [3.05, 3.63) is 29.3 Å². The molecular formula is C13H18ClNO2S. The number of benzene rings is 1. The monoisotopic (exact) mass is 287 g/mol. The van der Waals surface area contributed by atoms with Crippen LogP contribution in [0.2, 0.25) is 5.02 Å². The molecule has 1 aliphatic carbocycles. The van der Waals surface area contributed by atoms with E-state index in [9.17, 15) is 8.42 Å². The largest absolute Gasteiger partial charge is 0.314 e. The van der Waals surface area contributed by atoms with E-state index in [1.54, 1.807) is 18.2 Å². The van der Waals surface area contributed by atoms with Crippen molar-refractivity contribution in [3.8, 4) is 0 Å². The van der Waals surface area contributed by atoms with Crippen LogP contribution in [0, 0.1) is 0 Å². The molecule has 0 saturated heterocycles. The van der Waals surface area contributed by atoms with E-state index in [0.29, 0.717) is 22.4 Å². The number of rotatable bonds is 4. The highest BCUT2D eigenvalue weighted by atomic mass is 35.5. The molecule has 0 radical (unpaired) electrons. The normalized spacial score (nSPS) is 24.3. The van der Waals surface area contributed by atoms with E-state index in [-0.39, 0.29) is 5.25 Å². The van der Waals surface area contributed by atoms with E-state index in [0.717, 1.165) is 19.4 Å². The van der Waals surface area contributed by atoms with Gasteiger partial charge in [0.2, 0.25) is 0 Å². The Morgan fingerprint density at radius 3 is 2.83 bits per heavy atom. The summed E-state index contributed by atoms with van der Waals surface area (Å²) < 4.78 is 24.9. The van der Waals surface area contributed by atoms with Gasteiger partial charge >= 0.3 is 0 Å². The molecule has 2 rings (SSSR count). The first-order chi connectivity index (χ1) is 8.54. The molecule has 18 heavy (non-hydrogen) atoms. The fourth-order valence-electron chi connectivity index (χ4n) is 2.53. The predicted molar refractivity (Wildman–Crippen MR) is 73.7 cm³/mol. The number of hydrogen-bond donors (Lipinski definition) is 1. The zero-order valence-electron chi connectivity index (χ0n) is 10.4. The molecule has 100 valence electrons. The lowest BCUT2D eigenvalue weighted by molar-refractivity contribution is 0.537. The molecule has 5 heteroatoms. The summed E-state index contributed by atoms with van der Waals surface area (Å²) in [4.78, 5) is 0.345. The lowest BCUT2D eigenvalue weighted by Crippen LogP contribution is -2.28. The summed E-state index contributed by atoms with van der Waals surface area (Å²) in [6.45, 7) is 2.92. The third kappa shape index (κ3) is 2.87. The predicted octanol–water partition coefficient (Wildman–Crippen LogP) is 2.64. The van der Waals surface area contributed by atoms with Gasteiger partial charge in [0, 0.05) is 11.1 Å². The second kappa shape index (κ2) is 5.59. The van der Waals surface area contributed by atoms with Gasteiger partial charge in [-0.15, -0.1) is 0 Å². The van der Waals surface area contributed by atoms with Gasteiger partial charge in [0.05, 0.1) is 10.1 Å². The molecule has 1 aromatic carbocycles. The first kappa shape index (κ1) is 13.8. The summed E-state index contributed by atoms with van der Waals surface area (Å²) in [6, 6.07) is 6.87. The highest BCUT2D eigenvalue weighted by Gasteiger charge is 2.34. The second-order valence-electron chi connectivity index (χ2n) is 4.69. The lowest BCUT2D eigenvalue weighted by Gasteiger charge is -2.13. The van der Waals surface area contributed by atoms with Gasteiger partial charge < -0.3 is 5.32 Å². The maximum Gasteiger partial charge on any atom is 0.181 e. The van der Waals surface area contributed by atoms with Crippen LogP contribution in [0.15, 0.2) is 29.2 Å². The van der Waals surface area contributed by atoms with E-state index in [4.69, 9.17) is 11.6 Å². The second-order valence-corrected chi connectivity index (χ2v) is 7.36. The van der Waals surface area contributed by atoms with Gasteiger partial charge in [-0.05, 0) is 44.0 Å². The van der Waals surface area contributed by atoms with Crippen molar-refractivity contribution in [2.24, 2.45) is 0 Å². The third-order valence-electron chi connectivity index (χ3n) is 3.44. The molecule has 0 aliphatic heterocycles. The zero-order valence-corrected chi connectivity index (χ0v) is 12.0. The maximum absolute atomic E-state index is 12.5. The molecule has 1 saturated carbocycles. The van der Waals surface area contributed by atoms with E-state index in [2.05, 4.69) is 5.32 Å². The van der Waals surface area contributed by atoms with E-state index >= 15 is 0 Å². The number of sulfone groups is 1. The number of hydrogen-bond acceptors (Lipinski definition) is 3. The van der Waals surface area contributed by atoms with Gasteiger partial charge in [0.25, 0.3) is 0 Å². The Kier molecular flexibility index (Phi) is 4.30. The van der Waals surface area contributed by atoms with Crippen molar-refractivity contribution in [2.45, 2.75) is 42.4 Å². The molecule has 0 bridgehead atoms. The number of halogens is 1. The van der Waals surface area contributed by atoms with Crippen molar-refractivity contribution in [3.63, 3.8) is 0 Å². The summed E-state index contributed by atoms with van der Waals surface area (Å²) in [5.74, 6) is 0. The molecule has 1 aromatic rings. The van der Waals surface area contributed by atoms with Crippen molar-refractivity contribution in [2.75, 3.05) is 6.54 Å². The van der Waals surface area contributed by atoms with Crippen LogP contribution in [0.4, 0.5) is 0 Å². The van der Waals surface area contributed by atoms with Crippen LogP contribution in [0.25, 0.3) is 0 Å². The Hall–Kier alpha value is -0.580. The van der Waals surface area contributed by atoms with Crippen LogP contribution >= 0.6 is 11.6 Å². The number of nitrogens with one attached hydrogen (secondary N) is 1. The minimum absolute atomic E-state index is 0.278. The Bertz CT molecular complexity index is 515. The molecule has 3 nitrogen and oxygen atoms in total. The molecule has 1 N–H and O–H groups in total. The van der Waals surface area contributed by atoms with Crippen molar-refractivity contribution >= 4 is 21.4 Å². The van der Waals surface area contributed by atoms with Crippen LogP contribution in [-0.2, 0) is 9.84 Å². The fraction of sp³-hybridized carbons (Fsp3) is 0.538. The molecule has 2 unspecified atom stereocenters. The molecule has 1 aliphatic rings. The first-order valence-electron chi connectivity index (χ1n) is 6.27. The fourth-order valence-corrected chi connectivity index (χ4v) is 4.66. The van der Waals surface area contributed by atoms with Crippen LogP contribution in [0.1, 0.15) is 26.2 Å². The Morgan fingerprint density at radius 2 is 2.17 bits per heavy atom. The van der Waals surface area contributed by atoms with Crippen LogP contribution in [-0.4, -0.2) is 26.3 Å². The summed E-state index contributed by atoms with van der Waals surface area (Å²) in [6.07, 6.45) is 2.35. The summed E-state index contributed by atoms with van der Waals surface area (Å²) in [7, 11) is -3.24. The van der Waals surface area contributed by atoms with Gasteiger partial charge in [-0.1, -0.05) is 24.6 Å². The van der Waals surface area contributed by atoms with Gasteiger partial charge in [-0.2, -0.15) is 0 Å². The topological polar surface area (TPSA) is 46.2 Å². The Balaban J connectivity index is 2.18. The van der Waals surface area contributed by atoms with Gasteiger partial charge in [-0.3, -0.25) is 0 Å². The van der Waals surface area contributed by atoms with E-state index in [1.165, 1.54) is 6.07 Å². The first-order valence-corrected chi connectivity index (χ1v) is 8.19. The molecule has 0 amide bonds. The van der Waals surface area contributed by atoms with Crippen LogP contribution in [0.3, 0.4) is 0 Å². The average molecular weight is 288 g/mol. The highest BCUT2D eigenvalue weighted by Crippen LogP contribution is 2.30. The van der Waals surface area contributed by atoms with Gasteiger partial charge in [0.1, 0.15) is 0 Å². The molecule has 2 atom stereocenters. The highest BCUT2D eigenvalue weighted by molar-refractivity contribution is 7.92. The summed E-state index contributed by atoms with van der Waals surface area (Å²) >= 11 is 5.86. The Morgan fingerprint density at radius 1 is 1.39 bits per heavy atom. The SMILES string of the molecule is CCNC1CCC(S(=O)(=O)c2cccc(Cl)c2)C1. The zero-order chi connectivity index (χ0) is 13.2.